The molecule has 230 valence electrons. The molecule has 0 radical (unpaired) electrons. The number of carbonyl (C=O) groups excluding carboxylic acids is 2. The van der Waals surface area contributed by atoms with E-state index in [1.54, 1.807) is 6.07 Å². The standard InChI is InChI=1S/C30H58N8O2/c1-9-33(10-2)17-21-37(22-18-34(11-3)12-4)29(39)27-25-28(32-26-31-27)30(40)38(23-19-35(13-5)14-6)24-20-36(15-7)16-8/h25-26H,9-24H2,1-8H3. The van der Waals surface area contributed by atoms with Crippen molar-refractivity contribution in [3.05, 3.63) is 23.8 Å². The normalized spacial score (nSPS) is 11.7. The minimum Gasteiger partial charge on any atom is -0.335 e. The lowest BCUT2D eigenvalue weighted by Crippen LogP contribution is -2.44. The maximum absolute atomic E-state index is 13.7. The number of hydrogen-bond donors (Lipinski definition) is 0. The van der Waals surface area contributed by atoms with Crippen LogP contribution >= 0.6 is 0 Å². The highest BCUT2D eigenvalue weighted by Crippen LogP contribution is 2.09. The third-order valence-electron chi connectivity index (χ3n) is 8.00. The van der Waals surface area contributed by atoms with Gasteiger partial charge in [-0.3, -0.25) is 9.59 Å². The summed E-state index contributed by atoms with van der Waals surface area (Å²) in [4.78, 5) is 49.1. The van der Waals surface area contributed by atoms with Crippen molar-refractivity contribution in [2.75, 3.05) is 105 Å². The van der Waals surface area contributed by atoms with Crippen molar-refractivity contribution in [1.29, 1.82) is 0 Å². The van der Waals surface area contributed by atoms with Crippen LogP contribution in [-0.2, 0) is 0 Å². The molecule has 40 heavy (non-hydrogen) atoms. The maximum atomic E-state index is 13.7. The second-order valence-electron chi connectivity index (χ2n) is 9.98. The van der Waals surface area contributed by atoms with Gasteiger partial charge in [0.1, 0.15) is 17.7 Å². The van der Waals surface area contributed by atoms with E-state index in [4.69, 9.17) is 0 Å². The molecule has 0 aliphatic carbocycles. The Bertz CT molecular complexity index is 728. The van der Waals surface area contributed by atoms with Crippen LogP contribution in [0.4, 0.5) is 0 Å². The lowest BCUT2D eigenvalue weighted by Gasteiger charge is -2.29. The summed E-state index contributed by atoms with van der Waals surface area (Å²) in [6, 6.07) is 1.59. The van der Waals surface area contributed by atoms with E-state index in [9.17, 15) is 9.59 Å². The molecular formula is C30H58N8O2. The lowest BCUT2D eigenvalue weighted by atomic mass is 10.2. The Morgan fingerprint density at radius 2 is 0.725 bits per heavy atom. The van der Waals surface area contributed by atoms with Gasteiger partial charge in [0.2, 0.25) is 0 Å². The minimum absolute atomic E-state index is 0.145. The molecule has 0 aliphatic heterocycles. The average Bonchev–Trinajstić information content (AvgIpc) is 3.00. The molecule has 0 spiro atoms. The first-order valence-corrected chi connectivity index (χ1v) is 15.6. The van der Waals surface area contributed by atoms with Crippen LogP contribution in [0.2, 0.25) is 0 Å². The molecule has 1 aromatic heterocycles. The van der Waals surface area contributed by atoms with Crippen LogP contribution in [0.25, 0.3) is 0 Å². The SMILES string of the molecule is CCN(CC)CCN(CCN(CC)CC)C(=O)c1cc(C(=O)N(CCN(CC)CC)CCN(CC)CC)ncn1. The van der Waals surface area contributed by atoms with E-state index in [1.165, 1.54) is 6.33 Å². The Balaban J connectivity index is 3.17. The maximum Gasteiger partial charge on any atom is 0.272 e. The summed E-state index contributed by atoms with van der Waals surface area (Å²) < 4.78 is 0. The first kappa shape index (κ1) is 35.9. The van der Waals surface area contributed by atoms with Gasteiger partial charge in [0, 0.05) is 58.4 Å². The van der Waals surface area contributed by atoms with Gasteiger partial charge in [0.15, 0.2) is 0 Å². The van der Waals surface area contributed by atoms with Crippen molar-refractivity contribution >= 4 is 11.8 Å². The lowest BCUT2D eigenvalue weighted by molar-refractivity contribution is 0.0707. The molecule has 10 heteroatoms. The van der Waals surface area contributed by atoms with Crippen LogP contribution in [0, 0.1) is 0 Å². The van der Waals surface area contributed by atoms with Crippen LogP contribution < -0.4 is 0 Å². The van der Waals surface area contributed by atoms with Gasteiger partial charge in [0.25, 0.3) is 11.8 Å². The van der Waals surface area contributed by atoms with E-state index in [2.05, 4.69) is 85.0 Å². The van der Waals surface area contributed by atoms with Gasteiger partial charge >= 0.3 is 0 Å². The largest absolute Gasteiger partial charge is 0.335 e. The second kappa shape index (κ2) is 20.7. The van der Waals surface area contributed by atoms with Gasteiger partial charge in [-0.2, -0.15) is 0 Å². The monoisotopic (exact) mass is 562 g/mol. The highest BCUT2D eigenvalue weighted by molar-refractivity contribution is 5.97. The smallest absolute Gasteiger partial charge is 0.272 e. The number of aromatic nitrogens is 2. The minimum atomic E-state index is -0.145. The Hall–Kier alpha value is -2.14. The molecule has 0 aromatic carbocycles. The number of hydrogen-bond acceptors (Lipinski definition) is 8. The zero-order valence-electron chi connectivity index (χ0n) is 26.9. The van der Waals surface area contributed by atoms with E-state index in [1.807, 2.05) is 9.80 Å². The summed E-state index contributed by atoms with van der Waals surface area (Å²) in [5.41, 5.74) is 0.565. The Morgan fingerprint density at radius 1 is 0.475 bits per heavy atom. The number of nitrogens with zero attached hydrogens (tertiary/aromatic N) is 8. The summed E-state index contributed by atoms with van der Waals surface area (Å²) in [5.74, 6) is -0.290. The zero-order valence-corrected chi connectivity index (χ0v) is 26.9. The summed E-state index contributed by atoms with van der Waals surface area (Å²) in [6.07, 6.45) is 1.36. The molecule has 1 heterocycles. The van der Waals surface area contributed by atoms with Crippen molar-refractivity contribution in [2.45, 2.75) is 55.4 Å². The first-order chi connectivity index (χ1) is 19.3. The first-order valence-electron chi connectivity index (χ1n) is 15.6. The Morgan fingerprint density at radius 3 is 0.950 bits per heavy atom. The molecule has 0 saturated carbocycles. The Kier molecular flexibility index (Phi) is 18.6. The van der Waals surface area contributed by atoms with Crippen molar-refractivity contribution in [1.82, 2.24) is 39.4 Å². The predicted molar refractivity (Wildman–Crippen MR) is 165 cm³/mol. The number of amides is 2. The molecule has 0 bridgehead atoms. The van der Waals surface area contributed by atoms with Gasteiger partial charge in [-0.25, -0.2) is 9.97 Å². The van der Waals surface area contributed by atoms with E-state index >= 15 is 0 Å². The number of carbonyl (C=O) groups is 2. The highest BCUT2D eigenvalue weighted by Gasteiger charge is 2.23. The molecule has 2 amide bonds. The topological polar surface area (TPSA) is 79.4 Å². The van der Waals surface area contributed by atoms with E-state index in [0.717, 1.165) is 78.5 Å². The van der Waals surface area contributed by atoms with Gasteiger partial charge < -0.3 is 29.4 Å². The highest BCUT2D eigenvalue weighted by atomic mass is 16.2. The van der Waals surface area contributed by atoms with Crippen LogP contribution in [0.1, 0.15) is 76.4 Å². The van der Waals surface area contributed by atoms with E-state index in [0.29, 0.717) is 26.2 Å². The Labute approximate surface area is 244 Å². The fraction of sp³-hybridized carbons (Fsp3) is 0.800. The van der Waals surface area contributed by atoms with Gasteiger partial charge in [-0.05, 0) is 52.4 Å². The number of rotatable bonds is 22. The average molecular weight is 563 g/mol. The third-order valence-corrected chi connectivity index (χ3v) is 8.00. The van der Waals surface area contributed by atoms with Crippen molar-refractivity contribution in [3.63, 3.8) is 0 Å². The summed E-state index contributed by atoms with van der Waals surface area (Å²) >= 11 is 0. The van der Waals surface area contributed by atoms with Gasteiger partial charge in [-0.1, -0.05) is 55.4 Å². The molecule has 0 unspecified atom stereocenters. The fourth-order valence-corrected chi connectivity index (χ4v) is 4.75. The second-order valence-corrected chi connectivity index (χ2v) is 9.98. The summed E-state index contributed by atoms with van der Waals surface area (Å²) in [7, 11) is 0. The molecule has 0 saturated heterocycles. The van der Waals surface area contributed by atoms with Crippen LogP contribution in [0.3, 0.4) is 0 Å². The molecule has 1 aromatic rings. The van der Waals surface area contributed by atoms with E-state index in [-0.39, 0.29) is 23.2 Å². The zero-order chi connectivity index (χ0) is 29.9. The summed E-state index contributed by atoms with van der Waals surface area (Å²) in [5, 5.41) is 0. The quantitative estimate of drug-likeness (QED) is 0.214. The molecule has 1 rings (SSSR count). The van der Waals surface area contributed by atoms with E-state index < -0.39 is 0 Å². The molecule has 0 fully saturated rings. The fourth-order valence-electron chi connectivity index (χ4n) is 4.75. The number of likely N-dealkylation sites (N-methyl/N-ethyl adjacent to an activating group) is 4. The van der Waals surface area contributed by atoms with Gasteiger partial charge in [-0.15, -0.1) is 0 Å². The van der Waals surface area contributed by atoms with Crippen molar-refractivity contribution in [2.24, 2.45) is 0 Å². The van der Waals surface area contributed by atoms with Crippen LogP contribution in [0.5, 0.6) is 0 Å². The van der Waals surface area contributed by atoms with Crippen molar-refractivity contribution < 1.29 is 9.59 Å². The molecular weight excluding hydrogens is 504 g/mol. The van der Waals surface area contributed by atoms with Crippen LogP contribution in [0.15, 0.2) is 12.4 Å². The molecule has 0 aliphatic rings. The molecule has 10 nitrogen and oxygen atoms in total. The predicted octanol–water partition coefficient (Wildman–Crippen LogP) is 2.73. The van der Waals surface area contributed by atoms with Gasteiger partial charge in [0.05, 0.1) is 0 Å². The summed E-state index contributed by atoms with van der Waals surface area (Å²) in [6.45, 7) is 30.3. The van der Waals surface area contributed by atoms with Crippen molar-refractivity contribution in [3.8, 4) is 0 Å². The van der Waals surface area contributed by atoms with Crippen LogP contribution in [-0.4, -0.2) is 156 Å². The third kappa shape index (κ3) is 12.2. The molecule has 0 atom stereocenters. The molecule has 0 N–H and O–H groups in total.